The highest BCUT2D eigenvalue weighted by atomic mass is 35.5. The highest BCUT2D eigenvalue weighted by molar-refractivity contribution is 6.34. The molecule has 0 radical (unpaired) electrons. The van der Waals surface area contributed by atoms with Crippen molar-refractivity contribution in [2.24, 2.45) is 4.99 Å². The van der Waals surface area contributed by atoms with Crippen LogP contribution in [0.5, 0.6) is 0 Å². The van der Waals surface area contributed by atoms with E-state index in [2.05, 4.69) is 16.6 Å². The monoisotopic (exact) mass is 330 g/mol. The number of aliphatic imine (C=N–C) groups is 1. The molecule has 0 amide bonds. The van der Waals surface area contributed by atoms with Gasteiger partial charge in [-0.2, -0.15) is 0 Å². The third kappa shape index (κ3) is 6.56. The minimum absolute atomic E-state index is 0.425. The normalized spacial score (nSPS) is 12.7. The van der Waals surface area contributed by atoms with Gasteiger partial charge in [0.1, 0.15) is 5.15 Å². The molecule has 0 saturated carbocycles. The van der Waals surface area contributed by atoms with Gasteiger partial charge in [0, 0.05) is 22.6 Å². The summed E-state index contributed by atoms with van der Waals surface area (Å²) in [7, 11) is 0. The Hall–Kier alpha value is -0.830. The first-order valence-corrected chi connectivity index (χ1v) is 7.38. The lowest BCUT2D eigenvalue weighted by molar-refractivity contribution is 0.835. The van der Waals surface area contributed by atoms with Crippen molar-refractivity contribution in [3.63, 3.8) is 0 Å². The molecule has 1 aromatic heterocycles. The predicted molar refractivity (Wildman–Crippen MR) is 89.1 cm³/mol. The molecule has 0 spiro atoms. The molecule has 0 fully saturated rings. The van der Waals surface area contributed by atoms with Crippen LogP contribution in [-0.2, 0) is 6.42 Å². The van der Waals surface area contributed by atoms with Crippen LogP contribution in [0.25, 0.3) is 0 Å². The van der Waals surface area contributed by atoms with Crippen molar-refractivity contribution < 1.29 is 0 Å². The minimum atomic E-state index is 0.425. The van der Waals surface area contributed by atoms with E-state index in [1.165, 1.54) is 0 Å². The van der Waals surface area contributed by atoms with Crippen LogP contribution >= 0.6 is 34.8 Å². The highest BCUT2D eigenvalue weighted by Crippen LogP contribution is 2.17. The van der Waals surface area contributed by atoms with Crippen LogP contribution in [0.4, 0.5) is 0 Å². The smallest absolute Gasteiger partial charge is 0.130 e. The van der Waals surface area contributed by atoms with Crippen LogP contribution in [-0.4, -0.2) is 10.7 Å². The summed E-state index contributed by atoms with van der Waals surface area (Å²) < 4.78 is 0. The Balaban J connectivity index is 2.49. The molecule has 1 aromatic rings. The first-order chi connectivity index (χ1) is 9.38. The maximum Gasteiger partial charge on any atom is 0.130 e. The van der Waals surface area contributed by atoms with E-state index in [-0.39, 0.29) is 0 Å². The van der Waals surface area contributed by atoms with Crippen LogP contribution < -0.4 is 0 Å². The van der Waals surface area contributed by atoms with Gasteiger partial charge in [-0.05, 0) is 50.8 Å². The second-order valence-electron chi connectivity index (χ2n) is 4.57. The number of hydrogen-bond acceptors (Lipinski definition) is 2. The fourth-order valence-electron chi connectivity index (χ4n) is 1.51. The first kappa shape index (κ1) is 17.2. The SMILES string of the molecule is C=C(C)/C(Cl)=C\N=C(C)CCCc1cc(Cl)cc(Cl)n1. The number of aryl methyl sites for hydroxylation is 1. The van der Waals surface area contributed by atoms with Gasteiger partial charge in [-0.3, -0.25) is 4.99 Å². The molecule has 0 aromatic carbocycles. The molecule has 0 atom stereocenters. The van der Waals surface area contributed by atoms with Crippen molar-refractivity contribution in [3.05, 3.63) is 51.4 Å². The number of hydrogen-bond donors (Lipinski definition) is 0. The lowest BCUT2D eigenvalue weighted by Gasteiger charge is -2.02. The van der Waals surface area contributed by atoms with Crippen LogP contribution in [0.3, 0.4) is 0 Å². The van der Waals surface area contributed by atoms with E-state index in [9.17, 15) is 0 Å². The van der Waals surface area contributed by atoms with E-state index < -0.39 is 0 Å². The number of allylic oxidation sites excluding steroid dienone is 2. The van der Waals surface area contributed by atoms with E-state index in [0.717, 1.165) is 36.2 Å². The minimum Gasteiger partial charge on any atom is -0.264 e. The van der Waals surface area contributed by atoms with Gasteiger partial charge in [0.15, 0.2) is 0 Å². The van der Waals surface area contributed by atoms with Crippen molar-refractivity contribution in [2.45, 2.75) is 33.1 Å². The zero-order valence-electron chi connectivity index (χ0n) is 11.6. The summed E-state index contributed by atoms with van der Waals surface area (Å²) in [5, 5.41) is 1.61. The first-order valence-electron chi connectivity index (χ1n) is 6.25. The second-order valence-corrected chi connectivity index (χ2v) is 5.81. The van der Waals surface area contributed by atoms with E-state index in [4.69, 9.17) is 34.8 Å². The maximum atomic E-state index is 5.94. The van der Waals surface area contributed by atoms with Crippen LogP contribution in [0.2, 0.25) is 10.2 Å². The molecule has 1 heterocycles. The molecule has 0 aliphatic carbocycles. The molecular formula is C15H17Cl3N2. The molecular weight excluding hydrogens is 315 g/mol. The number of halogens is 3. The highest BCUT2D eigenvalue weighted by Gasteiger charge is 2.01. The molecule has 2 nitrogen and oxygen atoms in total. The van der Waals surface area contributed by atoms with Gasteiger partial charge in [-0.15, -0.1) is 0 Å². The largest absolute Gasteiger partial charge is 0.264 e. The molecule has 0 N–H and O–H groups in total. The number of rotatable bonds is 6. The van der Waals surface area contributed by atoms with Gasteiger partial charge in [0.2, 0.25) is 0 Å². The Morgan fingerprint density at radius 2 is 2.05 bits per heavy atom. The predicted octanol–water partition coefficient (Wildman–Crippen LogP) is 5.83. The fourth-order valence-corrected chi connectivity index (χ4v) is 2.07. The van der Waals surface area contributed by atoms with Gasteiger partial charge >= 0.3 is 0 Å². The topological polar surface area (TPSA) is 25.2 Å². The summed E-state index contributed by atoms with van der Waals surface area (Å²) >= 11 is 17.7. The molecule has 0 aliphatic heterocycles. The summed E-state index contributed by atoms with van der Waals surface area (Å²) in [5.74, 6) is 0. The van der Waals surface area contributed by atoms with Crippen molar-refractivity contribution in [1.29, 1.82) is 0 Å². The van der Waals surface area contributed by atoms with Gasteiger partial charge in [0.25, 0.3) is 0 Å². The van der Waals surface area contributed by atoms with Crippen LogP contribution in [0, 0.1) is 0 Å². The van der Waals surface area contributed by atoms with E-state index >= 15 is 0 Å². The van der Waals surface area contributed by atoms with Crippen LogP contribution in [0.1, 0.15) is 32.4 Å². The molecule has 0 saturated heterocycles. The van der Waals surface area contributed by atoms with Gasteiger partial charge in [-0.25, -0.2) is 4.98 Å². The van der Waals surface area contributed by atoms with Gasteiger partial charge < -0.3 is 0 Å². The van der Waals surface area contributed by atoms with Crippen molar-refractivity contribution in [3.8, 4) is 0 Å². The van der Waals surface area contributed by atoms with E-state index in [1.807, 2.05) is 19.9 Å². The molecule has 0 unspecified atom stereocenters. The standard InChI is InChI=1S/C15H17Cl3N2/c1-10(2)14(17)9-19-11(3)5-4-6-13-7-12(16)8-15(18)20-13/h7-9H,1,4-6H2,2-3H3/b14-9+,19-11?. The van der Waals surface area contributed by atoms with E-state index in [1.54, 1.807) is 12.3 Å². The Kier molecular flexibility index (Phi) is 7.28. The second kappa shape index (κ2) is 8.46. The summed E-state index contributed by atoms with van der Waals surface area (Å²) in [6, 6.07) is 3.46. The Morgan fingerprint density at radius 3 is 2.65 bits per heavy atom. The van der Waals surface area contributed by atoms with Crippen molar-refractivity contribution in [1.82, 2.24) is 4.98 Å². The summed E-state index contributed by atoms with van der Waals surface area (Å²) in [6.45, 7) is 7.56. The number of nitrogens with zero attached hydrogens (tertiary/aromatic N) is 2. The van der Waals surface area contributed by atoms with E-state index in [0.29, 0.717) is 15.2 Å². The third-order valence-corrected chi connectivity index (χ3v) is 3.42. The van der Waals surface area contributed by atoms with Crippen LogP contribution in [0.15, 0.2) is 40.5 Å². The Morgan fingerprint density at radius 1 is 1.35 bits per heavy atom. The summed E-state index contributed by atoms with van der Waals surface area (Å²) in [4.78, 5) is 8.53. The molecule has 1 rings (SSSR count). The number of pyridine rings is 1. The zero-order chi connectivity index (χ0) is 15.1. The molecule has 108 valence electrons. The third-order valence-electron chi connectivity index (χ3n) is 2.59. The Labute approximate surface area is 135 Å². The molecule has 0 aliphatic rings. The number of aromatic nitrogens is 1. The summed E-state index contributed by atoms with van der Waals surface area (Å²) in [5.41, 5.74) is 2.71. The average Bonchev–Trinajstić information content (AvgIpc) is 2.34. The molecule has 20 heavy (non-hydrogen) atoms. The Bertz CT molecular complexity index is 528. The average molecular weight is 332 g/mol. The van der Waals surface area contributed by atoms with Gasteiger partial charge in [0.05, 0.1) is 5.03 Å². The molecule has 0 bridgehead atoms. The summed E-state index contributed by atoms with van der Waals surface area (Å²) in [6.07, 6.45) is 4.24. The van der Waals surface area contributed by atoms with Crippen molar-refractivity contribution >= 4 is 40.5 Å². The molecule has 5 heteroatoms. The lowest BCUT2D eigenvalue weighted by atomic mass is 10.1. The maximum absolute atomic E-state index is 5.94. The lowest BCUT2D eigenvalue weighted by Crippen LogP contribution is -1.95. The van der Waals surface area contributed by atoms with Gasteiger partial charge in [-0.1, -0.05) is 41.4 Å². The zero-order valence-corrected chi connectivity index (χ0v) is 13.9. The quantitative estimate of drug-likeness (QED) is 0.366. The van der Waals surface area contributed by atoms with Crippen molar-refractivity contribution in [2.75, 3.05) is 0 Å². The fraction of sp³-hybridized carbons (Fsp3) is 0.333.